The molecule has 0 saturated heterocycles. The smallest absolute Gasteiger partial charge is 0.312 e. The summed E-state index contributed by atoms with van der Waals surface area (Å²) in [5, 5.41) is 0. The van der Waals surface area contributed by atoms with E-state index in [1.54, 1.807) is 0 Å². The molecule has 0 N–H and O–H groups in total. The van der Waals surface area contributed by atoms with Crippen molar-refractivity contribution >= 4 is 11.9 Å². The third kappa shape index (κ3) is 10.3. The van der Waals surface area contributed by atoms with Crippen molar-refractivity contribution in [2.24, 2.45) is 11.8 Å². The molecular weight excluding hydrogens is 580 g/mol. The monoisotopic (exact) mass is 636 g/mol. The Labute approximate surface area is 283 Å². The summed E-state index contributed by atoms with van der Waals surface area (Å²) in [5.41, 5.74) is 6.28. The average molecular weight is 637 g/mol. The Balaban J connectivity index is 1.11. The molecular formula is C43H56O4. The second-order valence-electron chi connectivity index (χ2n) is 14.1. The van der Waals surface area contributed by atoms with E-state index < -0.39 is 6.29 Å². The van der Waals surface area contributed by atoms with Crippen LogP contribution in [0.25, 0.3) is 0 Å². The average Bonchev–Trinajstić information content (AvgIpc) is 3.12. The summed E-state index contributed by atoms with van der Waals surface area (Å²) >= 11 is 0. The predicted molar refractivity (Wildman–Crippen MR) is 190 cm³/mol. The first-order chi connectivity index (χ1) is 23.0. The van der Waals surface area contributed by atoms with Crippen LogP contribution >= 0.6 is 0 Å². The molecule has 3 aromatic carbocycles. The number of hydrogen-bond acceptors (Lipinski definition) is 4. The summed E-state index contributed by atoms with van der Waals surface area (Å²) in [6.07, 6.45) is 15.9. The normalized spacial score (nSPS) is 21.9. The van der Waals surface area contributed by atoms with Gasteiger partial charge in [0.15, 0.2) is 0 Å². The molecule has 3 aromatic rings. The Morgan fingerprint density at radius 1 is 0.553 bits per heavy atom. The largest absolute Gasteiger partial charge is 0.420 e. The summed E-state index contributed by atoms with van der Waals surface area (Å²) < 4.78 is 12.0. The van der Waals surface area contributed by atoms with Crippen LogP contribution in [-0.4, -0.2) is 11.9 Å². The fourth-order valence-corrected chi connectivity index (χ4v) is 7.57. The molecule has 0 amide bonds. The first-order valence-corrected chi connectivity index (χ1v) is 18.7. The van der Waals surface area contributed by atoms with Crippen molar-refractivity contribution in [3.63, 3.8) is 0 Å². The first kappa shape index (κ1) is 34.9. The Hall–Kier alpha value is -3.40. The lowest BCUT2D eigenvalue weighted by atomic mass is 9.78. The molecule has 0 aliphatic heterocycles. The van der Waals surface area contributed by atoms with Gasteiger partial charge in [-0.05, 0) is 111 Å². The molecule has 0 heterocycles. The summed E-state index contributed by atoms with van der Waals surface area (Å²) in [5.74, 6) is 0.114. The number of rotatable bonds is 15. The van der Waals surface area contributed by atoms with E-state index in [0.717, 1.165) is 64.2 Å². The number of carbonyl (C=O) groups excluding carboxylic acids is 2. The van der Waals surface area contributed by atoms with Crippen molar-refractivity contribution in [3.8, 4) is 0 Å². The molecule has 0 spiro atoms. The van der Waals surface area contributed by atoms with Gasteiger partial charge in [0.05, 0.1) is 11.8 Å². The Bertz CT molecular complexity index is 1260. The molecule has 5 rings (SSSR count). The number of esters is 2. The van der Waals surface area contributed by atoms with Crippen molar-refractivity contribution in [2.75, 3.05) is 0 Å². The second-order valence-corrected chi connectivity index (χ2v) is 14.1. The lowest BCUT2D eigenvalue weighted by Crippen LogP contribution is -2.29. The van der Waals surface area contributed by atoms with Crippen LogP contribution in [0.3, 0.4) is 0 Å². The van der Waals surface area contributed by atoms with E-state index in [1.165, 1.54) is 60.8 Å². The number of ether oxygens (including phenoxy) is 2. The van der Waals surface area contributed by atoms with E-state index in [4.69, 9.17) is 9.47 Å². The maximum atomic E-state index is 13.4. The lowest BCUT2D eigenvalue weighted by molar-refractivity contribution is -0.197. The standard InChI is InChI=1S/C43H56O4/c1-3-5-8-12-32-16-20-34(21-17-32)36-24-28-38(29-25-36)41(44)46-43(40-14-10-7-11-15-40)47-42(45)39-30-26-37(27-31-39)35-22-18-33(19-23-35)13-9-6-4-2/h7,10-11,14-23,36-39,43H,3-6,8-9,12-13,24-31H2,1-2H3. The van der Waals surface area contributed by atoms with Gasteiger partial charge >= 0.3 is 11.9 Å². The zero-order valence-corrected chi connectivity index (χ0v) is 28.8. The number of benzene rings is 3. The van der Waals surface area contributed by atoms with Gasteiger partial charge in [0.2, 0.25) is 0 Å². The minimum Gasteiger partial charge on any atom is -0.420 e. The first-order valence-electron chi connectivity index (χ1n) is 18.7. The maximum absolute atomic E-state index is 13.4. The van der Waals surface area contributed by atoms with Crippen molar-refractivity contribution in [2.45, 2.75) is 135 Å². The van der Waals surface area contributed by atoms with E-state index in [2.05, 4.69) is 62.4 Å². The van der Waals surface area contributed by atoms with Gasteiger partial charge in [-0.3, -0.25) is 9.59 Å². The molecule has 252 valence electrons. The van der Waals surface area contributed by atoms with Crippen LogP contribution in [0.1, 0.15) is 150 Å². The van der Waals surface area contributed by atoms with E-state index >= 15 is 0 Å². The highest BCUT2D eigenvalue weighted by Crippen LogP contribution is 2.39. The molecule has 0 radical (unpaired) electrons. The molecule has 4 heteroatoms. The number of hydrogen-bond donors (Lipinski definition) is 0. The molecule has 2 saturated carbocycles. The highest BCUT2D eigenvalue weighted by atomic mass is 16.7. The van der Waals surface area contributed by atoms with E-state index in [9.17, 15) is 9.59 Å². The molecule has 2 aliphatic carbocycles. The van der Waals surface area contributed by atoms with Gasteiger partial charge in [0.25, 0.3) is 6.29 Å². The number of aryl methyl sites for hydroxylation is 2. The number of carbonyl (C=O) groups is 2. The van der Waals surface area contributed by atoms with Gasteiger partial charge < -0.3 is 9.47 Å². The minimum atomic E-state index is -1.01. The molecule has 0 atom stereocenters. The van der Waals surface area contributed by atoms with Gasteiger partial charge in [-0.2, -0.15) is 0 Å². The Morgan fingerprint density at radius 3 is 1.34 bits per heavy atom. The zero-order valence-electron chi connectivity index (χ0n) is 28.8. The lowest BCUT2D eigenvalue weighted by Gasteiger charge is -2.30. The zero-order chi connectivity index (χ0) is 32.8. The van der Waals surface area contributed by atoms with Crippen LogP contribution in [0, 0.1) is 11.8 Å². The molecule has 47 heavy (non-hydrogen) atoms. The van der Waals surface area contributed by atoms with Crippen LogP contribution in [0.2, 0.25) is 0 Å². The molecule has 4 nitrogen and oxygen atoms in total. The van der Waals surface area contributed by atoms with Crippen LogP contribution in [0.5, 0.6) is 0 Å². The van der Waals surface area contributed by atoms with Gasteiger partial charge in [0, 0.05) is 5.56 Å². The second kappa shape index (κ2) is 18.2. The third-order valence-corrected chi connectivity index (χ3v) is 10.7. The van der Waals surface area contributed by atoms with Crippen LogP contribution in [0.4, 0.5) is 0 Å². The van der Waals surface area contributed by atoms with E-state index in [0.29, 0.717) is 17.4 Å². The van der Waals surface area contributed by atoms with E-state index in [1.807, 2.05) is 30.3 Å². The molecule has 2 fully saturated rings. The van der Waals surface area contributed by atoms with E-state index in [-0.39, 0.29) is 23.8 Å². The third-order valence-electron chi connectivity index (χ3n) is 10.7. The van der Waals surface area contributed by atoms with Crippen LogP contribution < -0.4 is 0 Å². The molecule has 0 aromatic heterocycles. The molecule has 2 aliphatic rings. The van der Waals surface area contributed by atoms with Crippen molar-refractivity contribution < 1.29 is 19.1 Å². The maximum Gasteiger partial charge on any atom is 0.312 e. The molecule has 0 bridgehead atoms. The fourth-order valence-electron chi connectivity index (χ4n) is 7.57. The SMILES string of the molecule is CCCCCc1ccc(C2CCC(C(=O)OC(OC(=O)C3CCC(c4ccc(CCCCC)cc4)CC3)c3ccccc3)CC2)cc1. The van der Waals surface area contributed by atoms with Crippen molar-refractivity contribution in [3.05, 3.63) is 107 Å². The summed E-state index contributed by atoms with van der Waals surface area (Å²) in [6, 6.07) is 27.7. The Morgan fingerprint density at radius 2 is 0.957 bits per heavy atom. The fraction of sp³-hybridized carbons (Fsp3) is 0.535. The quantitative estimate of drug-likeness (QED) is 0.0946. The van der Waals surface area contributed by atoms with Crippen LogP contribution in [-0.2, 0) is 31.9 Å². The van der Waals surface area contributed by atoms with Gasteiger partial charge in [-0.1, -0.05) is 118 Å². The highest BCUT2D eigenvalue weighted by molar-refractivity contribution is 5.75. The van der Waals surface area contributed by atoms with Gasteiger partial charge in [0.1, 0.15) is 0 Å². The molecule has 0 unspecified atom stereocenters. The highest BCUT2D eigenvalue weighted by Gasteiger charge is 2.34. The minimum absolute atomic E-state index is 0.169. The predicted octanol–water partition coefficient (Wildman–Crippen LogP) is 11.2. The topological polar surface area (TPSA) is 52.6 Å². The summed E-state index contributed by atoms with van der Waals surface area (Å²) in [4.78, 5) is 26.9. The summed E-state index contributed by atoms with van der Waals surface area (Å²) in [6.45, 7) is 4.48. The summed E-state index contributed by atoms with van der Waals surface area (Å²) in [7, 11) is 0. The number of unbranched alkanes of at least 4 members (excludes halogenated alkanes) is 4. The van der Waals surface area contributed by atoms with Gasteiger partial charge in [-0.25, -0.2) is 0 Å². The van der Waals surface area contributed by atoms with Gasteiger partial charge in [-0.15, -0.1) is 0 Å². The Kier molecular flexibility index (Phi) is 13.5. The van der Waals surface area contributed by atoms with Crippen molar-refractivity contribution in [1.29, 1.82) is 0 Å². The van der Waals surface area contributed by atoms with Crippen molar-refractivity contribution in [1.82, 2.24) is 0 Å². The van der Waals surface area contributed by atoms with Crippen LogP contribution in [0.15, 0.2) is 78.9 Å².